The SMILES string of the molecule is CCc1c(C)sc2c1CCN(C(=O)Nc1cccc(F)c1)[C@H]2c1ccc(F)cc1. The molecule has 6 heteroatoms. The van der Waals surface area contributed by atoms with Gasteiger partial charge in [-0.2, -0.15) is 0 Å². The Labute approximate surface area is 173 Å². The van der Waals surface area contributed by atoms with Gasteiger partial charge in [-0.15, -0.1) is 11.3 Å². The first-order valence-electron chi connectivity index (χ1n) is 9.67. The smallest absolute Gasteiger partial charge is 0.312 e. The van der Waals surface area contributed by atoms with E-state index in [1.54, 1.807) is 40.5 Å². The number of anilines is 1. The molecule has 4 rings (SSSR count). The van der Waals surface area contributed by atoms with Crippen molar-refractivity contribution in [3.05, 3.63) is 86.6 Å². The molecule has 2 heterocycles. The van der Waals surface area contributed by atoms with E-state index < -0.39 is 5.82 Å². The lowest BCUT2D eigenvalue weighted by molar-refractivity contribution is 0.195. The minimum atomic E-state index is -0.403. The number of urea groups is 1. The normalized spacial score (nSPS) is 15.9. The van der Waals surface area contributed by atoms with Crippen LogP contribution in [0.2, 0.25) is 0 Å². The Hall–Kier alpha value is -2.73. The van der Waals surface area contributed by atoms with Gasteiger partial charge in [0.05, 0.1) is 6.04 Å². The highest BCUT2D eigenvalue weighted by Crippen LogP contribution is 2.43. The zero-order valence-electron chi connectivity index (χ0n) is 16.3. The van der Waals surface area contributed by atoms with Gasteiger partial charge in [-0.3, -0.25) is 0 Å². The highest BCUT2D eigenvalue weighted by Gasteiger charge is 2.35. The summed E-state index contributed by atoms with van der Waals surface area (Å²) >= 11 is 1.70. The van der Waals surface area contributed by atoms with Crippen LogP contribution in [0.4, 0.5) is 19.3 Å². The molecule has 1 aliphatic rings. The molecule has 1 N–H and O–H groups in total. The van der Waals surface area contributed by atoms with Crippen molar-refractivity contribution in [1.29, 1.82) is 0 Å². The number of carbonyl (C=O) groups is 1. The largest absolute Gasteiger partial charge is 0.322 e. The lowest BCUT2D eigenvalue weighted by Gasteiger charge is -2.36. The van der Waals surface area contributed by atoms with E-state index in [0.717, 1.165) is 23.3 Å². The Morgan fingerprint density at radius 1 is 1.17 bits per heavy atom. The molecule has 0 aliphatic carbocycles. The number of rotatable bonds is 3. The van der Waals surface area contributed by atoms with E-state index in [1.165, 1.54) is 40.3 Å². The van der Waals surface area contributed by atoms with E-state index in [2.05, 4.69) is 19.2 Å². The Kier molecular flexibility index (Phi) is 5.37. The number of halogens is 2. The summed E-state index contributed by atoms with van der Waals surface area (Å²) in [6.45, 7) is 4.80. The minimum absolute atomic E-state index is 0.292. The van der Waals surface area contributed by atoms with E-state index in [-0.39, 0.29) is 17.9 Å². The molecular weight excluding hydrogens is 390 g/mol. The Bertz CT molecular complexity index is 1050. The van der Waals surface area contributed by atoms with Crippen LogP contribution in [0.3, 0.4) is 0 Å². The van der Waals surface area contributed by atoms with Crippen molar-refractivity contribution < 1.29 is 13.6 Å². The van der Waals surface area contributed by atoms with Gasteiger partial charge in [0.2, 0.25) is 0 Å². The van der Waals surface area contributed by atoms with Crippen LogP contribution >= 0.6 is 11.3 Å². The number of benzene rings is 2. The fourth-order valence-corrected chi connectivity index (χ4v) is 5.51. The van der Waals surface area contributed by atoms with Crippen LogP contribution in [0, 0.1) is 18.6 Å². The maximum absolute atomic E-state index is 13.5. The molecule has 0 saturated heterocycles. The second-order valence-electron chi connectivity index (χ2n) is 7.17. The Balaban J connectivity index is 1.73. The van der Waals surface area contributed by atoms with E-state index in [4.69, 9.17) is 0 Å². The number of hydrogen-bond donors (Lipinski definition) is 1. The van der Waals surface area contributed by atoms with Crippen LogP contribution in [0.1, 0.15) is 39.4 Å². The third-order valence-electron chi connectivity index (χ3n) is 5.39. The zero-order valence-corrected chi connectivity index (χ0v) is 17.2. The third kappa shape index (κ3) is 3.77. The van der Waals surface area contributed by atoms with Crippen LogP contribution in [0.25, 0.3) is 0 Å². The number of aryl methyl sites for hydroxylation is 1. The average Bonchev–Trinajstić information content (AvgIpc) is 3.03. The zero-order chi connectivity index (χ0) is 20.5. The summed E-state index contributed by atoms with van der Waals surface area (Å²) in [5.74, 6) is -0.711. The van der Waals surface area contributed by atoms with Crippen molar-refractivity contribution in [2.75, 3.05) is 11.9 Å². The molecule has 2 amide bonds. The highest BCUT2D eigenvalue weighted by molar-refractivity contribution is 7.12. The number of nitrogens with zero attached hydrogens (tertiary/aromatic N) is 1. The van der Waals surface area contributed by atoms with Gasteiger partial charge < -0.3 is 10.2 Å². The van der Waals surface area contributed by atoms with Gasteiger partial charge in [-0.25, -0.2) is 13.6 Å². The molecule has 0 fully saturated rings. The number of nitrogens with one attached hydrogen (secondary N) is 1. The molecule has 0 spiro atoms. The fraction of sp³-hybridized carbons (Fsp3) is 0.261. The van der Waals surface area contributed by atoms with E-state index in [1.807, 2.05) is 0 Å². The van der Waals surface area contributed by atoms with E-state index >= 15 is 0 Å². The predicted molar refractivity (Wildman–Crippen MR) is 113 cm³/mol. The molecule has 150 valence electrons. The fourth-order valence-electron chi connectivity index (χ4n) is 4.07. The first-order chi connectivity index (χ1) is 14.0. The minimum Gasteiger partial charge on any atom is -0.312 e. The number of carbonyl (C=O) groups excluding carboxylic acids is 1. The van der Waals surface area contributed by atoms with Crippen molar-refractivity contribution in [2.24, 2.45) is 0 Å². The Morgan fingerprint density at radius 2 is 1.93 bits per heavy atom. The molecule has 0 unspecified atom stereocenters. The molecule has 3 aromatic rings. The van der Waals surface area contributed by atoms with Gasteiger partial charge in [0.15, 0.2) is 0 Å². The summed E-state index contributed by atoms with van der Waals surface area (Å²) < 4.78 is 27.1. The van der Waals surface area contributed by atoms with Gasteiger partial charge in [-0.1, -0.05) is 25.1 Å². The topological polar surface area (TPSA) is 32.3 Å². The first kappa shape index (κ1) is 19.6. The van der Waals surface area contributed by atoms with Crippen LogP contribution in [0.5, 0.6) is 0 Å². The predicted octanol–water partition coefficient (Wildman–Crippen LogP) is 6.08. The van der Waals surface area contributed by atoms with Crippen molar-refractivity contribution in [3.8, 4) is 0 Å². The lowest BCUT2D eigenvalue weighted by Crippen LogP contribution is -2.42. The maximum atomic E-state index is 13.5. The lowest BCUT2D eigenvalue weighted by atomic mass is 9.92. The second-order valence-corrected chi connectivity index (χ2v) is 8.43. The molecule has 2 aromatic carbocycles. The molecular formula is C23H22F2N2OS. The molecule has 3 nitrogen and oxygen atoms in total. The van der Waals surface area contributed by atoms with Crippen LogP contribution in [-0.2, 0) is 12.8 Å². The summed E-state index contributed by atoms with van der Waals surface area (Å²) in [7, 11) is 0. The van der Waals surface area contributed by atoms with Crippen LogP contribution < -0.4 is 5.32 Å². The van der Waals surface area contributed by atoms with Gasteiger partial charge in [0, 0.05) is 22.0 Å². The number of amides is 2. The van der Waals surface area contributed by atoms with Gasteiger partial charge in [0.25, 0.3) is 0 Å². The summed E-state index contributed by atoms with van der Waals surface area (Å²) in [5, 5.41) is 2.81. The van der Waals surface area contributed by atoms with Gasteiger partial charge >= 0.3 is 6.03 Å². The second kappa shape index (κ2) is 7.95. The van der Waals surface area contributed by atoms with Crippen molar-refractivity contribution in [1.82, 2.24) is 4.90 Å². The molecule has 1 atom stereocenters. The van der Waals surface area contributed by atoms with E-state index in [0.29, 0.717) is 12.2 Å². The van der Waals surface area contributed by atoms with E-state index in [9.17, 15) is 13.6 Å². The third-order valence-corrected chi connectivity index (χ3v) is 6.63. The van der Waals surface area contributed by atoms with Crippen molar-refractivity contribution in [2.45, 2.75) is 32.7 Å². The highest BCUT2D eigenvalue weighted by atomic mass is 32.1. The van der Waals surface area contributed by atoms with Gasteiger partial charge in [-0.05, 0) is 66.8 Å². The summed E-state index contributed by atoms with van der Waals surface area (Å²) in [4.78, 5) is 17.3. The number of fused-ring (bicyclic) bond motifs is 1. The van der Waals surface area contributed by atoms with Crippen LogP contribution in [-0.4, -0.2) is 17.5 Å². The van der Waals surface area contributed by atoms with Crippen molar-refractivity contribution >= 4 is 23.1 Å². The number of hydrogen-bond acceptors (Lipinski definition) is 2. The molecule has 1 aromatic heterocycles. The standard InChI is InChI=1S/C23H22F2N2OS/c1-3-19-14(2)29-22-20(19)11-12-27(21(22)15-7-9-16(24)10-8-15)23(28)26-18-6-4-5-17(25)13-18/h4-10,13,21H,3,11-12H2,1-2H3,(H,26,28)/t21-/m0/s1. The molecule has 0 bridgehead atoms. The first-order valence-corrected chi connectivity index (χ1v) is 10.5. The molecule has 1 aliphatic heterocycles. The maximum Gasteiger partial charge on any atom is 0.322 e. The molecule has 0 saturated carbocycles. The number of thiophene rings is 1. The average molecular weight is 413 g/mol. The summed E-state index contributed by atoms with van der Waals surface area (Å²) in [5.41, 5.74) is 3.93. The monoisotopic (exact) mass is 412 g/mol. The quantitative estimate of drug-likeness (QED) is 0.556. The summed E-state index contributed by atoms with van der Waals surface area (Å²) in [6, 6.07) is 11.6. The molecule has 0 radical (unpaired) electrons. The van der Waals surface area contributed by atoms with Crippen LogP contribution in [0.15, 0.2) is 48.5 Å². The summed E-state index contributed by atoms with van der Waals surface area (Å²) in [6.07, 6.45) is 1.72. The van der Waals surface area contributed by atoms with Crippen molar-refractivity contribution in [3.63, 3.8) is 0 Å². The van der Waals surface area contributed by atoms with Gasteiger partial charge in [0.1, 0.15) is 11.6 Å². The molecule has 29 heavy (non-hydrogen) atoms. The Morgan fingerprint density at radius 3 is 2.62 bits per heavy atom.